The van der Waals surface area contributed by atoms with Crippen molar-refractivity contribution in [2.24, 2.45) is 11.8 Å². The summed E-state index contributed by atoms with van der Waals surface area (Å²) in [6.07, 6.45) is 5.61. The number of H-pyrrole nitrogens is 1. The first-order valence-electron chi connectivity index (χ1n) is 12.0. The smallest absolute Gasteiger partial charge is 0.0897 e. The van der Waals surface area contributed by atoms with Gasteiger partial charge < -0.3 is 10.1 Å². The number of pyridine rings is 1. The van der Waals surface area contributed by atoms with Crippen molar-refractivity contribution in [1.29, 1.82) is 0 Å². The van der Waals surface area contributed by atoms with Gasteiger partial charge in [0.05, 0.1) is 40.9 Å². The molecule has 2 heterocycles. The lowest BCUT2D eigenvalue weighted by molar-refractivity contribution is -0.160. The summed E-state index contributed by atoms with van der Waals surface area (Å²) in [5.41, 5.74) is 7.16. The summed E-state index contributed by atoms with van der Waals surface area (Å²) in [5.74, 6) is 1.14. The molecule has 0 saturated heterocycles. The third-order valence-corrected chi connectivity index (χ3v) is 7.85. The molecule has 1 aliphatic carbocycles. The molecule has 7 heteroatoms. The van der Waals surface area contributed by atoms with E-state index >= 15 is 0 Å². The van der Waals surface area contributed by atoms with Crippen LogP contribution in [-0.2, 0) is 15.6 Å². The van der Waals surface area contributed by atoms with E-state index in [1.807, 2.05) is 18.2 Å². The van der Waals surface area contributed by atoms with E-state index in [-0.39, 0.29) is 0 Å². The second-order valence-electron chi connectivity index (χ2n) is 9.24. The van der Waals surface area contributed by atoms with E-state index in [4.69, 9.17) is 20.9 Å². The number of nitrogens with one attached hydrogen (secondary N) is 1. The fourth-order valence-corrected chi connectivity index (χ4v) is 5.58. The second-order valence-corrected chi connectivity index (χ2v) is 10.4. The Balaban J connectivity index is 1.31. The third kappa shape index (κ3) is 5.74. The third-order valence-electron chi connectivity index (χ3n) is 6.89. The fourth-order valence-electron chi connectivity index (χ4n) is 4.93. The number of benzene rings is 2. The Hall–Kier alpha value is -2.35. The van der Waals surface area contributed by atoms with Crippen molar-refractivity contribution < 1.29 is 14.3 Å². The van der Waals surface area contributed by atoms with Crippen molar-refractivity contribution in [2.75, 3.05) is 13.7 Å². The van der Waals surface area contributed by atoms with Crippen LogP contribution in [0.5, 0.6) is 0 Å². The second kappa shape index (κ2) is 11.1. The monoisotopic (exact) mass is 508 g/mol. The highest BCUT2D eigenvalue weighted by atomic mass is 35.5. The molecule has 5 nitrogen and oxygen atoms in total. The number of fused-ring (bicyclic) bond motifs is 1. The van der Waals surface area contributed by atoms with Crippen LogP contribution in [0.2, 0.25) is 5.02 Å². The Morgan fingerprint density at radius 1 is 0.943 bits per heavy atom. The van der Waals surface area contributed by atoms with E-state index in [9.17, 15) is 5.11 Å². The van der Waals surface area contributed by atoms with E-state index in [0.717, 1.165) is 57.6 Å². The number of hydrogen-bond acceptors (Lipinski definition) is 5. The first-order chi connectivity index (χ1) is 17.1. The predicted molar refractivity (Wildman–Crippen MR) is 142 cm³/mol. The number of rotatable bonds is 8. The minimum absolute atomic E-state index is 0.320. The molecule has 0 spiro atoms. The lowest BCUT2D eigenvalue weighted by Gasteiger charge is -2.26. The van der Waals surface area contributed by atoms with Crippen molar-refractivity contribution in [3.8, 4) is 22.4 Å². The van der Waals surface area contributed by atoms with Crippen molar-refractivity contribution in [1.82, 2.24) is 9.97 Å². The zero-order valence-corrected chi connectivity index (χ0v) is 21.2. The molecule has 4 aromatic rings. The number of aliphatic hydroxyl groups excluding tert-OH is 1. The summed E-state index contributed by atoms with van der Waals surface area (Å²) >= 11 is 7.84. The van der Waals surface area contributed by atoms with Crippen LogP contribution < -0.4 is 0 Å². The van der Waals surface area contributed by atoms with Crippen molar-refractivity contribution in [3.05, 3.63) is 71.4 Å². The maximum Gasteiger partial charge on any atom is 0.0897 e. The number of nitrogens with zero attached hydrogens (tertiary/aromatic N) is 1. The standard InChI is InChI=1S/C28H29ClN2O3S/c1-33-34-35-24-12-10-21(11-13-24)20-6-8-22(9-7-20)28-25(29)16-27-26(31-28)15-23(30-27)14-18-2-4-19(17-32)5-3-18/h6-13,15-16,18-19,30,32H,2-5,14,17H2,1H3. The van der Waals surface area contributed by atoms with Gasteiger partial charge in [-0.15, -0.1) is 0 Å². The Labute approximate surface area is 215 Å². The molecular weight excluding hydrogens is 480 g/mol. The summed E-state index contributed by atoms with van der Waals surface area (Å²) in [7, 11) is 1.49. The molecule has 0 atom stereocenters. The first-order valence-corrected chi connectivity index (χ1v) is 13.1. The van der Waals surface area contributed by atoms with Crippen LogP contribution in [0.25, 0.3) is 33.4 Å². The van der Waals surface area contributed by atoms with Gasteiger partial charge in [0.2, 0.25) is 0 Å². The predicted octanol–water partition coefficient (Wildman–Crippen LogP) is 7.48. The largest absolute Gasteiger partial charge is 0.396 e. The molecule has 0 amide bonds. The molecule has 182 valence electrons. The van der Waals surface area contributed by atoms with Crippen LogP contribution in [0, 0.1) is 11.8 Å². The number of aromatic nitrogens is 2. The first kappa shape index (κ1) is 24.3. The summed E-state index contributed by atoms with van der Waals surface area (Å²) in [6, 6.07) is 20.6. The topological polar surface area (TPSA) is 67.4 Å². The van der Waals surface area contributed by atoms with Gasteiger partial charge in [-0.1, -0.05) is 48.0 Å². The van der Waals surface area contributed by atoms with Gasteiger partial charge in [0.25, 0.3) is 0 Å². The van der Waals surface area contributed by atoms with Crippen LogP contribution in [0.3, 0.4) is 0 Å². The number of hydrogen-bond donors (Lipinski definition) is 2. The highest BCUT2D eigenvalue weighted by molar-refractivity contribution is 7.94. The van der Waals surface area contributed by atoms with Gasteiger partial charge in [0.15, 0.2) is 0 Å². The number of aromatic amines is 1. The van der Waals surface area contributed by atoms with Crippen molar-refractivity contribution >= 4 is 34.7 Å². The number of halogens is 1. The molecule has 1 fully saturated rings. The Morgan fingerprint density at radius 3 is 2.23 bits per heavy atom. The Bertz CT molecular complexity index is 1270. The molecule has 0 unspecified atom stereocenters. The lowest BCUT2D eigenvalue weighted by atomic mass is 9.80. The van der Waals surface area contributed by atoms with E-state index in [1.165, 1.54) is 37.7 Å². The van der Waals surface area contributed by atoms with E-state index < -0.39 is 0 Å². The van der Waals surface area contributed by atoms with Crippen molar-refractivity contribution in [3.63, 3.8) is 0 Å². The molecule has 0 bridgehead atoms. The normalized spacial score (nSPS) is 18.3. The van der Waals surface area contributed by atoms with Crippen LogP contribution in [0.15, 0.2) is 65.6 Å². The van der Waals surface area contributed by atoms with E-state index in [2.05, 4.69) is 52.3 Å². The molecule has 2 N–H and O–H groups in total. The minimum atomic E-state index is 0.320. The molecule has 1 saturated carbocycles. The zero-order chi connectivity index (χ0) is 24.2. The quantitative estimate of drug-likeness (QED) is 0.147. The highest BCUT2D eigenvalue weighted by Gasteiger charge is 2.21. The van der Waals surface area contributed by atoms with Crippen LogP contribution in [0.1, 0.15) is 31.4 Å². The molecule has 1 aliphatic rings. The highest BCUT2D eigenvalue weighted by Crippen LogP contribution is 2.34. The Morgan fingerprint density at radius 2 is 1.57 bits per heavy atom. The molecule has 5 rings (SSSR count). The fraction of sp³-hybridized carbons (Fsp3) is 0.321. The Kier molecular flexibility index (Phi) is 7.75. The lowest BCUT2D eigenvalue weighted by Crippen LogP contribution is -2.18. The molecule has 2 aromatic heterocycles. The van der Waals surface area contributed by atoms with Crippen LogP contribution in [-0.4, -0.2) is 28.8 Å². The van der Waals surface area contributed by atoms with Gasteiger partial charge in [-0.05, 0) is 79.3 Å². The van der Waals surface area contributed by atoms with E-state index in [0.29, 0.717) is 23.5 Å². The average Bonchev–Trinajstić information content (AvgIpc) is 3.28. The van der Waals surface area contributed by atoms with Crippen LogP contribution >= 0.6 is 23.6 Å². The van der Waals surface area contributed by atoms with Gasteiger partial charge >= 0.3 is 0 Å². The average molecular weight is 509 g/mol. The summed E-state index contributed by atoms with van der Waals surface area (Å²) in [5, 5.41) is 10.0. The molecule has 35 heavy (non-hydrogen) atoms. The maximum absolute atomic E-state index is 9.38. The zero-order valence-electron chi connectivity index (χ0n) is 19.7. The van der Waals surface area contributed by atoms with E-state index in [1.54, 1.807) is 0 Å². The molecule has 0 radical (unpaired) electrons. The maximum atomic E-state index is 9.38. The van der Waals surface area contributed by atoms with Gasteiger partial charge in [0, 0.05) is 22.8 Å². The minimum Gasteiger partial charge on any atom is -0.396 e. The number of aliphatic hydroxyl groups is 1. The van der Waals surface area contributed by atoms with Crippen molar-refractivity contribution in [2.45, 2.75) is 37.0 Å². The van der Waals surface area contributed by atoms with Gasteiger partial charge in [0.1, 0.15) is 0 Å². The summed E-state index contributed by atoms with van der Waals surface area (Å²) in [6.45, 7) is 0.320. The van der Waals surface area contributed by atoms with Crippen LogP contribution in [0.4, 0.5) is 0 Å². The van der Waals surface area contributed by atoms with Gasteiger partial charge in [-0.2, -0.15) is 4.33 Å². The SMILES string of the molecule is COOSc1ccc(-c2ccc(-c3nc4cc(CC5CCC(CO)CC5)[nH]c4cc3Cl)cc2)cc1. The molecule has 2 aromatic carbocycles. The summed E-state index contributed by atoms with van der Waals surface area (Å²) in [4.78, 5) is 14.0. The molecule has 0 aliphatic heterocycles. The van der Waals surface area contributed by atoms with Gasteiger partial charge in [-0.3, -0.25) is 0 Å². The van der Waals surface area contributed by atoms with Gasteiger partial charge in [-0.25, -0.2) is 9.87 Å². The summed E-state index contributed by atoms with van der Waals surface area (Å²) < 4.78 is 4.91. The molecular formula is C28H29ClN2O3S.